The van der Waals surface area contributed by atoms with Crippen molar-refractivity contribution in [3.8, 4) is 0 Å². The molecule has 0 aliphatic rings. The van der Waals surface area contributed by atoms with E-state index in [0.29, 0.717) is 6.92 Å². The van der Waals surface area contributed by atoms with Gasteiger partial charge < -0.3 is 5.11 Å². The third kappa shape index (κ3) is 2.20. The summed E-state index contributed by atoms with van der Waals surface area (Å²) in [6, 6.07) is 3.13. The molecule has 5 heteroatoms. The maximum Gasteiger partial charge on any atom is 0.335 e. The van der Waals surface area contributed by atoms with Gasteiger partial charge in [-0.1, -0.05) is 17.7 Å². The highest BCUT2D eigenvalue weighted by Gasteiger charge is 2.27. The lowest BCUT2D eigenvalue weighted by molar-refractivity contribution is 0.0175. The highest BCUT2D eigenvalue weighted by molar-refractivity contribution is 6.31. The molecule has 0 amide bonds. The lowest BCUT2D eigenvalue weighted by Gasteiger charge is -2.12. The van der Waals surface area contributed by atoms with E-state index >= 15 is 0 Å². The number of rotatable bonds is 2. The Bertz CT molecular complexity index is 372. The van der Waals surface area contributed by atoms with Crippen LogP contribution in [-0.4, -0.2) is 11.1 Å². The second-order valence-corrected chi connectivity index (χ2v) is 3.30. The average molecular weight is 221 g/mol. The van der Waals surface area contributed by atoms with E-state index in [4.69, 9.17) is 16.7 Å². The lowest BCUT2D eigenvalue weighted by Crippen LogP contribution is -2.08. The molecule has 0 radical (unpaired) electrons. The van der Waals surface area contributed by atoms with Crippen molar-refractivity contribution in [2.24, 2.45) is 0 Å². The third-order valence-electron chi connectivity index (χ3n) is 1.69. The van der Waals surface area contributed by atoms with Crippen molar-refractivity contribution in [3.05, 3.63) is 34.3 Å². The minimum atomic E-state index is -3.06. The fraction of sp³-hybridized carbons (Fsp3) is 0.222. The van der Waals surface area contributed by atoms with Crippen LogP contribution >= 0.6 is 11.6 Å². The van der Waals surface area contributed by atoms with E-state index in [1.165, 1.54) is 0 Å². The molecular formula is C9H7ClF2O2. The van der Waals surface area contributed by atoms with Crippen LogP contribution in [0.1, 0.15) is 22.8 Å². The van der Waals surface area contributed by atoms with Crippen LogP contribution in [0, 0.1) is 0 Å². The van der Waals surface area contributed by atoms with E-state index in [9.17, 15) is 13.6 Å². The Labute approximate surface area is 84.1 Å². The molecule has 2 nitrogen and oxygen atoms in total. The number of hydrogen-bond acceptors (Lipinski definition) is 1. The van der Waals surface area contributed by atoms with Crippen LogP contribution in [0.4, 0.5) is 8.78 Å². The van der Waals surface area contributed by atoms with Crippen molar-refractivity contribution in [3.63, 3.8) is 0 Å². The van der Waals surface area contributed by atoms with Crippen molar-refractivity contribution in [2.45, 2.75) is 12.8 Å². The molecule has 0 aromatic heterocycles. The zero-order valence-corrected chi connectivity index (χ0v) is 7.98. The molecule has 0 aliphatic heterocycles. The summed E-state index contributed by atoms with van der Waals surface area (Å²) in [5, 5.41) is 8.32. The molecular weight excluding hydrogens is 214 g/mol. The van der Waals surface area contributed by atoms with E-state index in [1.54, 1.807) is 0 Å². The van der Waals surface area contributed by atoms with E-state index < -0.39 is 11.9 Å². The molecule has 1 aromatic rings. The van der Waals surface area contributed by atoms with Crippen molar-refractivity contribution in [2.75, 3.05) is 0 Å². The second-order valence-electron chi connectivity index (χ2n) is 2.89. The SMILES string of the molecule is CC(F)(F)c1ccc(C(=O)O)cc1Cl. The van der Waals surface area contributed by atoms with Gasteiger partial charge in [-0.25, -0.2) is 13.6 Å². The maximum absolute atomic E-state index is 12.8. The Balaban J connectivity index is 3.21. The first kappa shape index (κ1) is 10.9. The molecule has 0 unspecified atom stereocenters. The van der Waals surface area contributed by atoms with Crippen LogP contribution in [0.25, 0.3) is 0 Å². The molecule has 0 bridgehead atoms. The number of carbonyl (C=O) groups is 1. The largest absolute Gasteiger partial charge is 0.478 e. The minimum absolute atomic E-state index is 0.108. The van der Waals surface area contributed by atoms with Gasteiger partial charge in [0.15, 0.2) is 0 Å². The monoisotopic (exact) mass is 220 g/mol. The first-order valence-electron chi connectivity index (χ1n) is 3.73. The Hall–Kier alpha value is -1.16. The number of hydrogen-bond donors (Lipinski definition) is 1. The number of alkyl halides is 2. The normalized spacial score (nSPS) is 11.4. The van der Waals surface area contributed by atoms with E-state index in [2.05, 4.69) is 0 Å². The van der Waals surface area contributed by atoms with Gasteiger partial charge in [0, 0.05) is 12.5 Å². The molecule has 1 N–H and O–H groups in total. The zero-order valence-electron chi connectivity index (χ0n) is 7.22. The van der Waals surface area contributed by atoms with Gasteiger partial charge in [0.1, 0.15) is 0 Å². The zero-order chi connectivity index (χ0) is 10.9. The average Bonchev–Trinajstić information content (AvgIpc) is 2.01. The summed E-state index contributed by atoms with van der Waals surface area (Å²) in [6.45, 7) is 0.703. The van der Waals surface area contributed by atoms with Crippen LogP contribution < -0.4 is 0 Å². The van der Waals surface area contributed by atoms with Crippen LogP contribution in [-0.2, 0) is 5.92 Å². The van der Waals surface area contributed by atoms with Crippen LogP contribution in [0.2, 0.25) is 5.02 Å². The second kappa shape index (κ2) is 3.53. The molecule has 0 spiro atoms. The molecule has 0 aliphatic carbocycles. The van der Waals surface area contributed by atoms with Crippen LogP contribution in [0.3, 0.4) is 0 Å². The standard InChI is InChI=1S/C9H7ClF2O2/c1-9(11,12)6-3-2-5(8(13)14)4-7(6)10/h2-4H,1H3,(H,13,14). The molecule has 0 saturated heterocycles. The molecule has 0 fully saturated rings. The number of halogens is 3. The summed E-state index contributed by atoms with van der Waals surface area (Å²) in [5.74, 6) is -4.26. The highest BCUT2D eigenvalue weighted by Crippen LogP contribution is 2.33. The Morgan fingerprint density at radius 2 is 2.07 bits per heavy atom. The summed E-state index contributed by atoms with van der Waals surface area (Å²) in [7, 11) is 0. The highest BCUT2D eigenvalue weighted by atomic mass is 35.5. The fourth-order valence-corrected chi connectivity index (χ4v) is 1.35. The number of benzene rings is 1. The van der Waals surface area contributed by atoms with Gasteiger partial charge in [-0.05, 0) is 12.1 Å². The van der Waals surface area contributed by atoms with Crippen molar-refractivity contribution >= 4 is 17.6 Å². The number of carboxylic acids is 1. The summed E-state index contributed by atoms with van der Waals surface area (Å²) < 4.78 is 25.6. The molecule has 76 valence electrons. The van der Waals surface area contributed by atoms with Crippen LogP contribution in [0.15, 0.2) is 18.2 Å². The maximum atomic E-state index is 12.8. The molecule has 0 atom stereocenters. The van der Waals surface area contributed by atoms with Crippen molar-refractivity contribution in [1.29, 1.82) is 0 Å². The summed E-state index contributed by atoms with van der Waals surface area (Å²) in [6.07, 6.45) is 0. The van der Waals surface area contributed by atoms with Gasteiger partial charge in [0.05, 0.1) is 10.6 Å². The summed E-state index contributed by atoms with van der Waals surface area (Å²) >= 11 is 5.51. The predicted octanol–water partition coefficient (Wildman–Crippen LogP) is 3.15. The topological polar surface area (TPSA) is 37.3 Å². The Morgan fingerprint density at radius 3 is 2.43 bits per heavy atom. The lowest BCUT2D eigenvalue weighted by atomic mass is 10.1. The third-order valence-corrected chi connectivity index (χ3v) is 2.00. The molecule has 1 aromatic carbocycles. The molecule has 14 heavy (non-hydrogen) atoms. The molecule has 1 rings (SSSR count). The van der Waals surface area contributed by atoms with E-state index in [1.807, 2.05) is 0 Å². The Kier molecular flexibility index (Phi) is 2.76. The van der Waals surface area contributed by atoms with Gasteiger partial charge in [-0.15, -0.1) is 0 Å². The Morgan fingerprint density at radius 1 is 1.50 bits per heavy atom. The smallest absolute Gasteiger partial charge is 0.335 e. The number of carboxylic acid groups (broad SMARTS) is 1. The van der Waals surface area contributed by atoms with E-state index in [-0.39, 0.29) is 16.1 Å². The van der Waals surface area contributed by atoms with Crippen molar-refractivity contribution in [1.82, 2.24) is 0 Å². The number of aromatic carboxylic acids is 1. The van der Waals surface area contributed by atoms with Gasteiger partial charge in [0.25, 0.3) is 5.92 Å². The predicted molar refractivity (Wildman–Crippen MR) is 48.0 cm³/mol. The van der Waals surface area contributed by atoms with Gasteiger partial charge >= 0.3 is 5.97 Å². The van der Waals surface area contributed by atoms with Gasteiger partial charge in [-0.2, -0.15) is 0 Å². The fourth-order valence-electron chi connectivity index (χ4n) is 1.00. The van der Waals surface area contributed by atoms with E-state index in [0.717, 1.165) is 18.2 Å². The molecule has 0 heterocycles. The summed E-state index contributed by atoms with van der Waals surface area (Å²) in [5.41, 5.74) is -0.479. The summed E-state index contributed by atoms with van der Waals surface area (Å²) in [4.78, 5) is 10.5. The van der Waals surface area contributed by atoms with Gasteiger partial charge in [-0.3, -0.25) is 0 Å². The first-order valence-corrected chi connectivity index (χ1v) is 4.11. The first-order chi connectivity index (χ1) is 6.32. The van der Waals surface area contributed by atoms with Crippen molar-refractivity contribution < 1.29 is 18.7 Å². The minimum Gasteiger partial charge on any atom is -0.478 e. The van der Waals surface area contributed by atoms with Gasteiger partial charge in [0.2, 0.25) is 0 Å². The molecule has 0 saturated carbocycles. The van der Waals surface area contributed by atoms with Crippen LogP contribution in [0.5, 0.6) is 0 Å². The quantitative estimate of drug-likeness (QED) is 0.831.